The number of pyridine rings is 1. The van der Waals surface area contributed by atoms with Crippen molar-refractivity contribution in [1.29, 1.82) is 0 Å². The molecule has 2 amide bonds. The number of sulfonamides is 1. The maximum atomic E-state index is 13.9. The van der Waals surface area contributed by atoms with E-state index >= 15 is 0 Å². The molecule has 3 aromatic carbocycles. The number of aryl methyl sites for hydroxylation is 1. The van der Waals surface area contributed by atoms with Crippen LogP contribution in [-0.2, 0) is 39.1 Å². The molecule has 1 heterocycles. The minimum atomic E-state index is -3.57. The van der Waals surface area contributed by atoms with Gasteiger partial charge in [-0.1, -0.05) is 60.7 Å². The van der Waals surface area contributed by atoms with E-state index in [-0.39, 0.29) is 42.3 Å². The van der Waals surface area contributed by atoms with Gasteiger partial charge in [-0.05, 0) is 71.8 Å². The van der Waals surface area contributed by atoms with E-state index in [4.69, 9.17) is 0 Å². The van der Waals surface area contributed by atoms with Crippen molar-refractivity contribution < 1.29 is 22.4 Å². The smallest absolute Gasteiger partial charge is 0.247 e. The molecule has 1 aliphatic carbocycles. The number of carbonyl (C=O) groups excluding carboxylic acids is 2. The van der Waals surface area contributed by atoms with Crippen LogP contribution in [0, 0.1) is 5.82 Å². The second kappa shape index (κ2) is 13.7. The third-order valence-corrected chi connectivity index (χ3v) is 8.75. The van der Waals surface area contributed by atoms with E-state index in [2.05, 4.69) is 15.0 Å². The minimum Gasteiger partial charge on any atom is -0.350 e. The first-order valence-corrected chi connectivity index (χ1v) is 15.6. The molecule has 1 saturated carbocycles. The van der Waals surface area contributed by atoms with E-state index in [0.29, 0.717) is 17.5 Å². The zero-order valence-corrected chi connectivity index (χ0v) is 24.3. The largest absolute Gasteiger partial charge is 0.350 e. The Kier molecular flexibility index (Phi) is 9.58. The van der Waals surface area contributed by atoms with Gasteiger partial charge in [-0.2, -0.15) is 0 Å². The van der Waals surface area contributed by atoms with E-state index < -0.39 is 21.9 Å². The summed E-state index contributed by atoms with van der Waals surface area (Å²) >= 11 is 0. The van der Waals surface area contributed by atoms with Crippen LogP contribution in [0.15, 0.2) is 108 Å². The van der Waals surface area contributed by atoms with Crippen LogP contribution in [0.4, 0.5) is 4.39 Å². The Morgan fingerprint density at radius 3 is 2.23 bits per heavy atom. The second-order valence-corrected chi connectivity index (χ2v) is 12.3. The molecule has 1 fully saturated rings. The summed E-state index contributed by atoms with van der Waals surface area (Å²) in [5.41, 5.74) is 2.92. The molecular weight excluding hydrogens is 567 g/mol. The lowest BCUT2D eigenvalue weighted by molar-refractivity contribution is -0.141. The fraction of sp³-hybridized carbons (Fsp3) is 0.242. The first-order chi connectivity index (χ1) is 20.8. The molecular formula is C33H33FN4O4S. The highest BCUT2D eigenvalue weighted by molar-refractivity contribution is 7.89. The van der Waals surface area contributed by atoms with Gasteiger partial charge in [0, 0.05) is 37.9 Å². The molecule has 0 radical (unpaired) electrons. The van der Waals surface area contributed by atoms with Gasteiger partial charge in [0.1, 0.15) is 11.9 Å². The van der Waals surface area contributed by atoms with E-state index in [1.165, 1.54) is 17.0 Å². The summed E-state index contributed by atoms with van der Waals surface area (Å²) in [4.78, 5) is 33.4. The van der Waals surface area contributed by atoms with Gasteiger partial charge in [0.2, 0.25) is 21.8 Å². The van der Waals surface area contributed by atoms with Crippen molar-refractivity contribution >= 4 is 21.8 Å². The highest BCUT2D eigenvalue weighted by atomic mass is 32.2. The Labute approximate surface area is 251 Å². The third kappa shape index (κ3) is 8.33. The minimum absolute atomic E-state index is 0.00788. The van der Waals surface area contributed by atoms with E-state index in [0.717, 1.165) is 24.0 Å². The topological polar surface area (TPSA) is 108 Å². The second-order valence-electron chi connectivity index (χ2n) is 10.6. The molecule has 43 heavy (non-hydrogen) atoms. The highest BCUT2D eigenvalue weighted by Gasteiger charge is 2.31. The van der Waals surface area contributed by atoms with Crippen LogP contribution < -0.4 is 10.0 Å². The predicted octanol–water partition coefficient (Wildman–Crippen LogP) is 4.68. The summed E-state index contributed by atoms with van der Waals surface area (Å²) < 4.78 is 41.4. The van der Waals surface area contributed by atoms with E-state index in [1.807, 2.05) is 24.3 Å². The molecule has 0 unspecified atom stereocenters. The molecule has 8 nitrogen and oxygen atoms in total. The average Bonchev–Trinajstić information content (AvgIpc) is 3.84. The van der Waals surface area contributed by atoms with E-state index in [9.17, 15) is 22.4 Å². The number of halogens is 1. The standard InChI is InChI=1S/C33H33FN4O4S/c34-28-13-8-25(9-14-28)23-38(31(39)19-12-24-10-17-30(18-11-24)43(41,42)37-29-15-16-29)32(27-6-2-1-3-7-27)33(40)36-22-26-5-4-20-35-21-26/h1-11,13-14,17-18,20-21,29,32,37H,12,15-16,19,22-23H2,(H,36,40)/t32-/m0/s1. The van der Waals surface area contributed by atoms with Crippen molar-refractivity contribution in [3.63, 3.8) is 0 Å². The van der Waals surface area contributed by atoms with Gasteiger partial charge < -0.3 is 10.2 Å². The quantitative estimate of drug-likeness (QED) is 0.232. The Balaban J connectivity index is 1.37. The van der Waals surface area contributed by atoms with Gasteiger partial charge in [0.25, 0.3) is 0 Å². The van der Waals surface area contributed by atoms with Crippen LogP contribution in [0.25, 0.3) is 0 Å². The Morgan fingerprint density at radius 2 is 1.58 bits per heavy atom. The van der Waals surface area contributed by atoms with Gasteiger partial charge >= 0.3 is 0 Å². The molecule has 0 spiro atoms. The summed E-state index contributed by atoms with van der Waals surface area (Å²) in [7, 11) is -3.57. The van der Waals surface area contributed by atoms with Crippen molar-refractivity contribution in [2.75, 3.05) is 0 Å². The lowest BCUT2D eigenvalue weighted by Crippen LogP contribution is -2.43. The van der Waals surface area contributed by atoms with Gasteiger partial charge in [-0.15, -0.1) is 0 Å². The summed E-state index contributed by atoms with van der Waals surface area (Å²) in [5, 5.41) is 2.94. The Morgan fingerprint density at radius 1 is 0.884 bits per heavy atom. The van der Waals surface area contributed by atoms with Crippen LogP contribution in [0.1, 0.15) is 47.6 Å². The van der Waals surface area contributed by atoms with Crippen molar-refractivity contribution in [3.8, 4) is 0 Å². The number of hydrogen-bond acceptors (Lipinski definition) is 5. The fourth-order valence-corrected chi connectivity index (χ4v) is 6.03. The first kappa shape index (κ1) is 30.1. The van der Waals surface area contributed by atoms with Crippen molar-refractivity contribution in [3.05, 3.63) is 131 Å². The summed E-state index contributed by atoms with van der Waals surface area (Å²) in [6.07, 6.45) is 5.43. The van der Waals surface area contributed by atoms with Gasteiger partial charge in [0.15, 0.2) is 0 Å². The number of rotatable bonds is 13. The Hall–Kier alpha value is -4.41. The molecule has 1 aliphatic rings. The van der Waals surface area contributed by atoms with Crippen LogP contribution >= 0.6 is 0 Å². The van der Waals surface area contributed by atoms with Crippen LogP contribution in [0.3, 0.4) is 0 Å². The number of aromatic nitrogens is 1. The van der Waals surface area contributed by atoms with Gasteiger partial charge in [-0.3, -0.25) is 14.6 Å². The number of nitrogens with one attached hydrogen (secondary N) is 2. The highest BCUT2D eigenvalue weighted by Crippen LogP contribution is 2.26. The number of hydrogen-bond donors (Lipinski definition) is 2. The molecule has 0 saturated heterocycles. The maximum absolute atomic E-state index is 13.9. The summed E-state index contributed by atoms with van der Waals surface area (Å²) in [5.74, 6) is -1.03. The zero-order chi connectivity index (χ0) is 30.2. The maximum Gasteiger partial charge on any atom is 0.247 e. The predicted molar refractivity (Wildman–Crippen MR) is 160 cm³/mol. The van der Waals surface area contributed by atoms with Crippen LogP contribution in [-0.4, -0.2) is 36.2 Å². The van der Waals surface area contributed by atoms with Crippen LogP contribution in [0.5, 0.6) is 0 Å². The lowest BCUT2D eigenvalue weighted by atomic mass is 10.0. The molecule has 10 heteroatoms. The van der Waals surface area contributed by atoms with Gasteiger partial charge in [-0.25, -0.2) is 17.5 Å². The molecule has 1 atom stereocenters. The monoisotopic (exact) mass is 600 g/mol. The number of amides is 2. The number of benzene rings is 3. The molecule has 0 aliphatic heterocycles. The molecule has 4 aromatic rings. The van der Waals surface area contributed by atoms with Crippen molar-refractivity contribution in [2.45, 2.75) is 55.8 Å². The molecule has 5 rings (SSSR count). The molecule has 1 aromatic heterocycles. The molecule has 2 N–H and O–H groups in total. The van der Waals surface area contributed by atoms with Gasteiger partial charge in [0.05, 0.1) is 4.90 Å². The SMILES string of the molecule is O=C(NCc1cccnc1)[C@H](c1ccccc1)N(Cc1ccc(F)cc1)C(=O)CCc1ccc(S(=O)(=O)NC2CC2)cc1. The average molecular weight is 601 g/mol. The fourth-order valence-electron chi connectivity index (χ4n) is 4.73. The molecule has 222 valence electrons. The normalized spacial score (nSPS) is 13.7. The summed E-state index contributed by atoms with van der Waals surface area (Å²) in [6.45, 7) is 0.322. The third-order valence-electron chi connectivity index (χ3n) is 7.21. The first-order valence-electron chi connectivity index (χ1n) is 14.2. The lowest BCUT2D eigenvalue weighted by Gasteiger charge is -2.32. The Bertz CT molecular complexity index is 1630. The van der Waals surface area contributed by atoms with Crippen LogP contribution in [0.2, 0.25) is 0 Å². The van der Waals surface area contributed by atoms with Crippen molar-refractivity contribution in [1.82, 2.24) is 19.9 Å². The zero-order valence-electron chi connectivity index (χ0n) is 23.5. The van der Waals surface area contributed by atoms with Crippen molar-refractivity contribution in [2.24, 2.45) is 0 Å². The number of carbonyl (C=O) groups is 2. The van der Waals surface area contributed by atoms with E-state index in [1.54, 1.807) is 67.0 Å². The molecule has 0 bridgehead atoms. The number of nitrogens with zero attached hydrogens (tertiary/aromatic N) is 2. The summed E-state index contributed by atoms with van der Waals surface area (Å²) in [6, 6.07) is 24.1.